The number of hydrogen-bond acceptors (Lipinski definition) is 5. The van der Waals surface area contributed by atoms with Gasteiger partial charge in [0.05, 0.1) is 10.7 Å². The molecule has 1 aromatic heterocycles. The van der Waals surface area contributed by atoms with Gasteiger partial charge in [-0.3, -0.25) is 4.79 Å². The first-order chi connectivity index (χ1) is 14.1. The highest BCUT2D eigenvalue weighted by Gasteiger charge is 2.33. The molecule has 0 bridgehead atoms. The van der Waals surface area contributed by atoms with Crippen LogP contribution in [0.1, 0.15) is 31.7 Å². The van der Waals surface area contributed by atoms with E-state index in [0.717, 1.165) is 36.1 Å². The Morgan fingerprint density at radius 3 is 2.69 bits per heavy atom. The van der Waals surface area contributed by atoms with E-state index in [2.05, 4.69) is 22.1 Å². The minimum Gasteiger partial charge on any atom is -0.306 e. The number of carbonyl (C=O) groups excluding carboxylic acids is 1. The van der Waals surface area contributed by atoms with E-state index in [1.165, 1.54) is 11.3 Å². The quantitative estimate of drug-likeness (QED) is 0.427. The van der Waals surface area contributed by atoms with Crippen LogP contribution < -0.4 is 4.90 Å². The molecule has 29 heavy (non-hydrogen) atoms. The van der Waals surface area contributed by atoms with Crippen LogP contribution in [0.2, 0.25) is 10.0 Å². The Bertz CT molecular complexity index is 1100. The number of benzene rings is 2. The Morgan fingerprint density at radius 1 is 1.07 bits per heavy atom. The van der Waals surface area contributed by atoms with Crippen molar-refractivity contribution in [1.82, 2.24) is 10.2 Å². The van der Waals surface area contributed by atoms with Crippen LogP contribution >= 0.6 is 34.5 Å². The second-order valence-corrected chi connectivity index (χ2v) is 8.46. The van der Waals surface area contributed by atoms with Crippen molar-refractivity contribution in [3.8, 4) is 10.6 Å². The van der Waals surface area contributed by atoms with Crippen molar-refractivity contribution < 1.29 is 4.79 Å². The Hall–Kier alpha value is -2.28. The summed E-state index contributed by atoms with van der Waals surface area (Å²) in [5.41, 5.74) is 2.87. The number of anilines is 1. The van der Waals surface area contributed by atoms with Crippen LogP contribution in [-0.4, -0.2) is 28.4 Å². The predicted molar refractivity (Wildman–Crippen MR) is 120 cm³/mol. The first-order valence-electron chi connectivity index (χ1n) is 9.37. The third kappa shape index (κ3) is 4.06. The number of aromatic nitrogens is 2. The molecule has 148 valence electrons. The summed E-state index contributed by atoms with van der Waals surface area (Å²) in [6.45, 7) is 2.83. The lowest BCUT2D eigenvalue weighted by Gasteiger charge is -2.16. The highest BCUT2D eigenvalue weighted by molar-refractivity contribution is 7.18. The summed E-state index contributed by atoms with van der Waals surface area (Å²) in [5, 5.41) is 10.4. The topological polar surface area (TPSA) is 58.5 Å². The zero-order valence-electron chi connectivity index (χ0n) is 15.7. The number of rotatable bonds is 6. The zero-order chi connectivity index (χ0) is 20.4. The number of amides is 1. The average molecular weight is 445 g/mol. The van der Waals surface area contributed by atoms with Gasteiger partial charge < -0.3 is 4.90 Å². The Kier molecular flexibility index (Phi) is 5.94. The summed E-state index contributed by atoms with van der Waals surface area (Å²) in [6.07, 6.45) is 3.15. The van der Waals surface area contributed by atoms with E-state index in [1.54, 1.807) is 18.2 Å². The van der Waals surface area contributed by atoms with Gasteiger partial charge in [0, 0.05) is 22.7 Å². The molecule has 1 amide bonds. The molecule has 0 fully saturated rings. The van der Waals surface area contributed by atoms with Gasteiger partial charge in [0.1, 0.15) is 5.71 Å². The highest BCUT2D eigenvalue weighted by Crippen LogP contribution is 2.36. The van der Waals surface area contributed by atoms with E-state index in [0.29, 0.717) is 32.4 Å². The molecule has 0 N–H and O–H groups in total. The molecule has 4 rings (SSSR count). The van der Waals surface area contributed by atoms with Crippen LogP contribution in [0.15, 0.2) is 47.5 Å². The molecular formula is C21H18Cl2N4OS. The van der Waals surface area contributed by atoms with Crippen LogP contribution in [-0.2, 0) is 4.79 Å². The van der Waals surface area contributed by atoms with E-state index < -0.39 is 0 Å². The third-order valence-electron chi connectivity index (χ3n) is 4.67. The zero-order valence-corrected chi connectivity index (χ0v) is 18.1. The SMILES string of the molecule is CCCCCN1C(=O)/C(=N/c2nnc(-c3ccc(Cl)cc3Cl)s2)c2ccccc21. The number of carbonyl (C=O) groups is 1. The van der Waals surface area contributed by atoms with E-state index in [9.17, 15) is 4.79 Å². The molecule has 0 unspecified atom stereocenters. The molecule has 0 radical (unpaired) electrons. The molecule has 3 aromatic rings. The maximum Gasteiger partial charge on any atom is 0.277 e. The smallest absolute Gasteiger partial charge is 0.277 e. The second kappa shape index (κ2) is 8.61. The normalized spacial score (nSPS) is 14.7. The minimum atomic E-state index is -0.0939. The monoisotopic (exact) mass is 444 g/mol. The van der Waals surface area contributed by atoms with Gasteiger partial charge in [-0.15, -0.1) is 10.2 Å². The Balaban J connectivity index is 1.66. The second-order valence-electron chi connectivity index (χ2n) is 6.66. The van der Waals surface area contributed by atoms with Crippen molar-refractivity contribution in [2.45, 2.75) is 26.2 Å². The van der Waals surface area contributed by atoms with Crippen LogP contribution in [0.4, 0.5) is 10.8 Å². The molecule has 0 aliphatic carbocycles. The molecule has 0 saturated carbocycles. The van der Waals surface area contributed by atoms with Gasteiger partial charge in [0.15, 0.2) is 5.01 Å². The first-order valence-corrected chi connectivity index (χ1v) is 10.9. The van der Waals surface area contributed by atoms with Gasteiger partial charge in [-0.1, -0.05) is 72.5 Å². The van der Waals surface area contributed by atoms with E-state index in [-0.39, 0.29) is 5.91 Å². The summed E-state index contributed by atoms with van der Waals surface area (Å²) in [4.78, 5) is 19.4. The summed E-state index contributed by atoms with van der Waals surface area (Å²) in [7, 11) is 0. The van der Waals surface area contributed by atoms with Gasteiger partial charge >= 0.3 is 0 Å². The Labute approximate surface area is 183 Å². The number of unbranched alkanes of at least 4 members (excludes halogenated alkanes) is 2. The summed E-state index contributed by atoms with van der Waals surface area (Å²) < 4.78 is 0. The lowest BCUT2D eigenvalue weighted by molar-refractivity contribution is -0.112. The molecule has 2 aromatic carbocycles. The fourth-order valence-electron chi connectivity index (χ4n) is 3.24. The van der Waals surface area contributed by atoms with Crippen LogP contribution in [0.5, 0.6) is 0 Å². The maximum absolute atomic E-state index is 13.0. The number of para-hydroxylation sites is 1. The van der Waals surface area contributed by atoms with E-state index in [4.69, 9.17) is 23.2 Å². The van der Waals surface area contributed by atoms with Crippen LogP contribution in [0, 0.1) is 0 Å². The minimum absolute atomic E-state index is 0.0939. The van der Waals surface area contributed by atoms with Crippen molar-refractivity contribution in [2.75, 3.05) is 11.4 Å². The third-order valence-corrected chi connectivity index (χ3v) is 6.06. The van der Waals surface area contributed by atoms with E-state index in [1.807, 2.05) is 29.2 Å². The van der Waals surface area contributed by atoms with Gasteiger partial charge in [-0.05, 0) is 30.7 Å². The van der Waals surface area contributed by atoms with Gasteiger partial charge in [-0.2, -0.15) is 0 Å². The number of nitrogens with zero attached hydrogens (tertiary/aromatic N) is 4. The largest absolute Gasteiger partial charge is 0.306 e. The molecule has 1 aliphatic heterocycles. The summed E-state index contributed by atoms with van der Waals surface area (Å²) >= 11 is 13.5. The number of halogens is 2. The number of fused-ring (bicyclic) bond motifs is 1. The van der Waals surface area contributed by atoms with Gasteiger partial charge in [0.2, 0.25) is 5.13 Å². The molecule has 0 saturated heterocycles. The molecule has 0 spiro atoms. The molecule has 2 heterocycles. The Morgan fingerprint density at radius 2 is 1.90 bits per heavy atom. The fraction of sp³-hybridized carbons (Fsp3) is 0.238. The molecule has 0 atom stereocenters. The van der Waals surface area contributed by atoms with E-state index >= 15 is 0 Å². The van der Waals surface area contributed by atoms with Crippen LogP contribution in [0.25, 0.3) is 10.6 Å². The summed E-state index contributed by atoms with van der Waals surface area (Å²) in [6, 6.07) is 12.9. The van der Waals surface area contributed by atoms with Crippen molar-refractivity contribution in [2.24, 2.45) is 4.99 Å². The van der Waals surface area contributed by atoms with Gasteiger partial charge in [0.25, 0.3) is 5.91 Å². The van der Waals surface area contributed by atoms with Crippen molar-refractivity contribution in [3.05, 3.63) is 58.1 Å². The van der Waals surface area contributed by atoms with Crippen molar-refractivity contribution >= 4 is 57.0 Å². The first kappa shape index (κ1) is 20.0. The highest BCUT2D eigenvalue weighted by atomic mass is 35.5. The molecule has 8 heteroatoms. The van der Waals surface area contributed by atoms with Crippen LogP contribution in [0.3, 0.4) is 0 Å². The standard InChI is InChI=1S/C21H18Cl2N4OS/c1-2-3-6-11-27-17-8-5-4-7-15(17)18(20(27)28)24-21-26-25-19(29-21)14-10-9-13(22)12-16(14)23/h4-5,7-10,12H,2-3,6,11H2,1H3/b24-18+. The number of hydrogen-bond donors (Lipinski definition) is 0. The average Bonchev–Trinajstić information content (AvgIpc) is 3.27. The van der Waals surface area contributed by atoms with Crippen molar-refractivity contribution in [3.63, 3.8) is 0 Å². The number of aliphatic imine (C=N–C) groups is 1. The maximum atomic E-state index is 13.0. The van der Waals surface area contributed by atoms with Crippen molar-refractivity contribution in [1.29, 1.82) is 0 Å². The lowest BCUT2D eigenvalue weighted by atomic mass is 10.1. The fourth-order valence-corrected chi connectivity index (χ4v) is 4.55. The summed E-state index contributed by atoms with van der Waals surface area (Å²) in [5.74, 6) is -0.0939. The lowest BCUT2D eigenvalue weighted by Crippen LogP contribution is -2.31. The predicted octanol–water partition coefficient (Wildman–Crippen LogP) is 6.17. The molecular weight excluding hydrogens is 427 g/mol. The molecule has 5 nitrogen and oxygen atoms in total. The molecule has 1 aliphatic rings. The van der Waals surface area contributed by atoms with Gasteiger partial charge in [-0.25, -0.2) is 4.99 Å².